The molecule has 0 aliphatic heterocycles. The molecule has 0 spiro atoms. The van der Waals surface area contributed by atoms with E-state index in [0.29, 0.717) is 0 Å². The fourth-order valence-electron chi connectivity index (χ4n) is 8.27. The fourth-order valence-corrected chi connectivity index (χ4v) is 8.81. The van der Waals surface area contributed by atoms with Gasteiger partial charge in [0.2, 0.25) is 0 Å². The summed E-state index contributed by atoms with van der Waals surface area (Å²) in [7, 11) is 0. The van der Waals surface area contributed by atoms with Crippen LogP contribution in [0.25, 0.3) is 54.9 Å². The summed E-state index contributed by atoms with van der Waals surface area (Å²) in [6.07, 6.45) is 12.6. The van der Waals surface area contributed by atoms with Gasteiger partial charge < -0.3 is 0 Å². The van der Waals surface area contributed by atoms with Crippen molar-refractivity contribution in [2.75, 3.05) is 0 Å². The predicted octanol–water partition coefficient (Wildman–Crippen LogP) is 14.1. The highest BCUT2D eigenvalue weighted by atomic mass is 32.1. The first-order valence-electron chi connectivity index (χ1n) is 17.8. The van der Waals surface area contributed by atoms with Crippen molar-refractivity contribution >= 4 is 46.8 Å². The molecule has 0 radical (unpaired) electrons. The second kappa shape index (κ2) is 14.0. The number of thiol groups is 2. The molecule has 0 saturated heterocycles. The van der Waals surface area contributed by atoms with E-state index in [0.717, 1.165) is 9.79 Å². The van der Waals surface area contributed by atoms with Crippen LogP contribution in [0, 0.1) is 0 Å². The Morgan fingerprint density at radius 2 is 0.830 bits per heavy atom. The zero-order valence-electron chi connectivity index (χ0n) is 27.9. The molecule has 0 heterocycles. The zero-order chi connectivity index (χ0) is 32.4. The van der Waals surface area contributed by atoms with Gasteiger partial charge in [0.25, 0.3) is 0 Å². The van der Waals surface area contributed by atoms with Crippen LogP contribution in [0.2, 0.25) is 0 Å². The van der Waals surface area contributed by atoms with Crippen LogP contribution in [-0.2, 0) is 5.41 Å². The summed E-state index contributed by atoms with van der Waals surface area (Å²) in [6, 6.07) is 41.0. The summed E-state index contributed by atoms with van der Waals surface area (Å²) in [5, 5.41) is 4.97. The molecule has 0 bridgehead atoms. The molecule has 47 heavy (non-hydrogen) atoms. The monoisotopic (exact) mass is 650 g/mol. The maximum Gasteiger partial charge on any atom is 0.0215 e. The van der Waals surface area contributed by atoms with Crippen LogP contribution >= 0.6 is 25.3 Å². The Morgan fingerprint density at radius 3 is 1.26 bits per heavy atom. The van der Waals surface area contributed by atoms with Crippen molar-refractivity contribution in [1.82, 2.24) is 0 Å². The predicted molar refractivity (Wildman–Crippen MR) is 211 cm³/mol. The number of hydrogen-bond acceptors (Lipinski definition) is 2. The molecule has 0 aromatic heterocycles. The van der Waals surface area contributed by atoms with Gasteiger partial charge in [-0.05, 0) is 103 Å². The molecule has 1 aliphatic rings. The summed E-state index contributed by atoms with van der Waals surface area (Å²) in [5.74, 6) is 0. The van der Waals surface area contributed by atoms with Gasteiger partial charge in [-0.25, -0.2) is 0 Å². The smallest absolute Gasteiger partial charge is 0.0215 e. The molecule has 0 unspecified atom stereocenters. The van der Waals surface area contributed by atoms with Crippen molar-refractivity contribution < 1.29 is 0 Å². The van der Waals surface area contributed by atoms with Crippen LogP contribution in [0.4, 0.5) is 0 Å². The van der Waals surface area contributed by atoms with Crippen molar-refractivity contribution in [2.24, 2.45) is 0 Å². The molecule has 1 aliphatic carbocycles. The highest BCUT2D eigenvalue weighted by Gasteiger charge is 2.42. The molecule has 0 saturated carbocycles. The molecular weight excluding hydrogens is 605 g/mol. The first-order valence-corrected chi connectivity index (χ1v) is 18.7. The van der Waals surface area contributed by atoms with E-state index in [9.17, 15) is 0 Å². The Kier molecular flexibility index (Phi) is 9.53. The molecular formula is C45H46S2. The maximum atomic E-state index is 4.81. The number of unbranched alkanes of at least 4 members (excludes halogenated alkanes) is 6. The molecule has 6 aromatic carbocycles. The molecule has 6 aromatic rings. The Bertz CT molecular complexity index is 1900. The second-order valence-electron chi connectivity index (χ2n) is 13.6. The van der Waals surface area contributed by atoms with Gasteiger partial charge in [-0.3, -0.25) is 0 Å². The van der Waals surface area contributed by atoms with Crippen LogP contribution in [-0.4, -0.2) is 0 Å². The molecule has 0 N–H and O–H groups in total. The third-order valence-corrected chi connectivity index (χ3v) is 11.5. The lowest BCUT2D eigenvalue weighted by Crippen LogP contribution is -2.25. The minimum absolute atomic E-state index is 0.00322. The standard InChI is InChI=1S/C45H46S2/c1-3-5-7-13-27-45(28-14-8-6-4-2)41-29-31(33-23-25-43(46)39-17-11-9-15-35(33)39)19-21-37(41)38-22-20-32(30-42(38)45)34-24-26-44(47)40-18-12-10-16-36(34)40/h9-12,15-26,29-30,46-47H,3-8,13-14,27-28H2,1-2H3. The molecule has 7 rings (SSSR count). The van der Waals surface area contributed by atoms with Crippen LogP contribution in [0.5, 0.6) is 0 Å². The van der Waals surface area contributed by atoms with Gasteiger partial charge in [0.1, 0.15) is 0 Å². The lowest BCUT2D eigenvalue weighted by atomic mass is 9.70. The number of rotatable bonds is 12. The molecule has 2 heteroatoms. The quantitative estimate of drug-likeness (QED) is 0.0955. The van der Waals surface area contributed by atoms with Crippen molar-refractivity contribution in [2.45, 2.75) is 93.3 Å². The number of benzene rings is 6. The first-order chi connectivity index (χ1) is 23.1. The average molecular weight is 651 g/mol. The highest BCUT2D eigenvalue weighted by Crippen LogP contribution is 2.56. The molecule has 0 atom stereocenters. The average Bonchev–Trinajstić information content (AvgIpc) is 3.37. The fraction of sp³-hybridized carbons (Fsp3) is 0.289. The molecule has 238 valence electrons. The summed E-state index contributed by atoms with van der Waals surface area (Å²) in [5.41, 5.74) is 11.1. The third kappa shape index (κ3) is 5.93. The lowest BCUT2D eigenvalue weighted by Gasteiger charge is -2.33. The van der Waals surface area contributed by atoms with E-state index in [-0.39, 0.29) is 5.41 Å². The molecule has 0 fully saturated rings. The normalized spacial score (nSPS) is 13.3. The Balaban J connectivity index is 1.42. The summed E-state index contributed by atoms with van der Waals surface area (Å²) in [4.78, 5) is 2.07. The Morgan fingerprint density at radius 1 is 0.426 bits per heavy atom. The SMILES string of the molecule is CCCCCCC1(CCCCCC)c2cc(-c3ccc(S)c4ccccc34)ccc2-c2ccc(-c3ccc(S)c4ccccc34)cc21. The van der Waals surface area contributed by atoms with Crippen LogP contribution in [0.15, 0.2) is 119 Å². The molecule has 0 amide bonds. The van der Waals surface area contributed by atoms with Crippen LogP contribution in [0.3, 0.4) is 0 Å². The minimum Gasteiger partial charge on any atom is -0.143 e. The van der Waals surface area contributed by atoms with Crippen molar-refractivity contribution in [3.05, 3.63) is 120 Å². The third-order valence-electron chi connectivity index (χ3n) is 10.7. The van der Waals surface area contributed by atoms with Gasteiger partial charge in [0, 0.05) is 15.2 Å². The van der Waals surface area contributed by atoms with E-state index >= 15 is 0 Å². The number of hydrogen-bond donors (Lipinski definition) is 2. The van der Waals surface area contributed by atoms with Gasteiger partial charge in [-0.15, -0.1) is 25.3 Å². The summed E-state index contributed by atoms with van der Waals surface area (Å²) < 4.78 is 0. The Labute approximate surface area is 292 Å². The summed E-state index contributed by atoms with van der Waals surface area (Å²) >= 11 is 9.62. The largest absolute Gasteiger partial charge is 0.143 e. The van der Waals surface area contributed by atoms with Gasteiger partial charge in [-0.1, -0.05) is 150 Å². The van der Waals surface area contributed by atoms with Gasteiger partial charge in [0.15, 0.2) is 0 Å². The van der Waals surface area contributed by atoms with E-state index in [1.54, 1.807) is 0 Å². The van der Waals surface area contributed by atoms with E-state index in [1.165, 1.54) is 130 Å². The van der Waals surface area contributed by atoms with Crippen LogP contribution in [0.1, 0.15) is 89.2 Å². The highest BCUT2D eigenvalue weighted by molar-refractivity contribution is 7.80. The number of fused-ring (bicyclic) bond motifs is 5. The van der Waals surface area contributed by atoms with E-state index in [2.05, 4.69) is 123 Å². The van der Waals surface area contributed by atoms with Crippen molar-refractivity contribution in [3.63, 3.8) is 0 Å². The lowest BCUT2D eigenvalue weighted by molar-refractivity contribution is 0.401. The second-order valence-corrected chi connectivity index (χ2v) is 14.5. The van der Waals surface area contributed by atoms with Gasteiger partial charge in [0.05, 0.1) is 0 Å². The summed E-state index contributed by atoms with van der Waals surface area (Å²) in [6.45, 7) is 4.64. The minimum atomic E-state index is -0.00322. The van der Waals surface area contributed by atoms with Gasteiger partial charge >= 0.3 is 0 Å². The van der Waals surface area contributed by atoms with Crippen molar-refractivity contribution in [1.29, 1.82) is 0 Å². The topological polar surface area (TPSA) is 0 Å². The van der Waals surface area contributed by atoms with E-state index in [4.69, 9.17) is 25.3 Å². The maximum absolute atomic E-state index is 4.81. The van der Waals surface area contributed by atoms with Gasteiger partial charge in [-0.2, -0.15) is 0 Å². The van der Waals surface area contributed by atoms with E-state index < -0.39 is 0 Å². The zero-order valence-corrected chi connectivity index (χ0v) is 29.6. The molecule has 0 nitrogen and oxygen atoms in total. The van der Waals surface area contributed by atoms with E-state index in [1.807, 2.05) is 0 Å². The van der Waals surface area contributed by atoms with Crippen LogP contribution < -0.4 is 0 Å². The first kappa shape index (κ1) is 32.1. The van der Waals surface area contributed by atoms with Crippen molar-refractivity contribution in [3.8, 4) is 33.4 Å². The Hall–Kier alpha value is -3.46.